The van der Waals surface area contributed by atoms with Crippen LogP contribution in [0, 0.1) is 11.3 Å². The molecule has 3 aromatic rings. The van der Waals surface area contributed by atoms with Crippen LogP contribution in [0.15, 0.2) is 40.9 Å². The predicted octanol–water partition coefficient (Wildman–Crippen LogP) is 3.39. The van der Waals surface area contributed by atoms with Gasteiger partial charge in [-0.25, -0.2) is 14.2 Å². The van der Waals surface area contributed by atoms with E-state index in [1.807, 2.05) is 0 Å². The molecule has 5 rings (SSSR count). The van der Waals surface area contributed by atoms with Gasteiger partial charge in [0.1, 0.15) is 17.5 Å². The van der Waals surface area contributed by atoms with Crippen LogP contribution in [-0.4, -0.2) is 56.2 Å². The Labute approximate surface area is 211 Å². The standard InChI is InChI=1S/C25H29N9OS/c1-34-13-16-8-19(27)7-15-9-20(10-17(14-34)23(15)16)29-25-28-12-18(11-26)24(32-25)31-21-5-4-6-22(30-21)33-36(2,3)35/h4-6,9-10,12,16,19H,7-8,13-14,27H2,1-3H3,(H2,28,29,30,31,32). The van der Waals surface area contributed by atoms with Gasteiger partial charge in [0.25, 0.3) is 0 Å². The Morgan fingerprint density at radius 3 is 2.81 bits per heavy atom. The largest absolute Gasteiger partial charge is 0.327 e. The summed E-state index contributed by atoms with van der Waals surface area (Å²) >= 11 is 0. The van der Waals surface area contributed by atoms with Crippen LogP contribution < -0.4 is 16.4 Å². The molecule has 1 aromatic carbocycles. The molecular formula is C25H29N9OS. The minimum atomic E-state index is -2.35. The molecule has 186 valence electrons. The van der Waals surface area contributed by atoms with Gasteiger partial charge < -0.3 is 21.3 Å². The molecule has 0 saturated heterocycles. The van der Waals surface area contributed by atoms with E-state index >= 15 is 0 Å². The van der Waals surface area contributed by atoms with Gasteiger partial charge in [-0.1, -0.05) is 6.07 Å². The zero-order valence-electron chi connectivity index (χ0n) is 20.5. The first-order valence-electron chi connectivity index (χ1n) is 11.7. The van der Waals surface area contributed by atoms with Crippen molar-refractivity contribution in [1.29, 1.82) is 5.26 Å². The molecule has 4 N–H and O–H groups in total. The normalized spacial score (nSPS) is 19.2. The molecule has 0 saturated carbocycles. The summed E-state index contributed by atoms with van der Waals surface area (Å²) in [4.78, 5) is 15.6. The Morgan fingerprint density at radius 2 is 2.03 bits per heavy atom. The van der Waals surface area contributed by atoms with E-state index in [9.17, 15) is 9.47 Å². The molecule has 11 heteroatoms. The average molecular weight is 504 g/mol. The van der Waals surface area contributed by atoms with Crippen molar-refractivity contribution in [2.45, 2.75) is 31.3 Å². The molecule has 2 atom stereocenters. The van der Waals surface area contributed by atoms with Crippen molar-refractivity contribution in [1.82, 2.24) is 19.9 Å². The molecule has 1 aliphatic carbocycles. The van der Waals surface area contributed by atoms with E-state index in [1.165, 1.54) is 22.9 Å². The summed E-state index contributed by atoms with van der Waals surface area (Å²) in [6.45, 7) is 1.92. The van der Waals surface area contributed by atoms with Gasteiger partial charge in [-0.2, -0.15) is 14.6 Å². The first-order valence-corrected chi connectivity index (χ1v) is 14.0. The van der Waals surface area contributed by atoms with E-state index in [0.29, 0.717) is 29.3 Å². The lowest BCUT2D eigenvalue weighted by Gasteiger charge is -2.39. The number of nitrogens with two attached hydrogens (primary N) is 1. The average Bonchev–Trinajstić information content (AvgIpc) is 2.77. The summed E-state index contributed by atoms with van der Waals surface area (Å²) in [5, 5.41) is 16.0. The van der Waals surface area contributed by atoms with E-state index in [2.05, 4.69) is 60.1 Å². The minimum Gasteiger partial charge on any atom is -0.327 e. The van der Waals surface area contributed by atoms with Crippen LogP contribution in [0.5, 0.6) is 0 Å². The van der Waals surface area contributed by atoms with E-state index in [-0.39, 0.29) is 11.6 Å². The van der Waals surface area contributed by atoms with Crippen molar-refractivity contribution in [2.24, 2.45) is 10.1 Å². The van der Waals surface area contributed by atoms with Crippen molar-refractivity contribution in [3.8, 4) is 6.07 Å². The van der Waals surface area contributed by atoms with Crippen molar-refractivity contribution >= 4 is 38.8 Å². The molecule has 0 bridgehead atoms. The number of aromatic nitrogens is 3. The van der Waals surface area contributed by atoms with Gasteiger partial charge in [0.15, 0.2) is 11.6 Å². The number of hydrogen-bond donors (Lipinski definition) is 3. The van der Waals surface area contributed by atoms with Gasteiger partial charge in [-0.3, -0.25) is 0 Å². The first-order chi connectivity index (χ1) is 17.2. The molecule has 0 amide bonds. The highest BCUT2D eigenvalue weighted by Crippen LogP contribution is 2.40. The summed E-state index contributed by atoms with van der Waals surface area (Å²) in [6, 6.07) is 11.7. The Kier molecular flexibility index (Phi) is 6.34. The molecule has 0 fully saturated rings. The zero-order chi connectivity index (χ0) is 25.4. The zero-order valence-corrected chi connectivity index (χ0v) is 21.3. The van der Waals surface area contributed by atoms with E-state index in [0.717, 1.165) is 31.6 Å². The maximum absolute atomic E-state index is 12.0. The van der Waals surface area contributed by atoms with Crippen molar-refractivity contribution < 1.29 is 4.21 Å². The molecule has 36 heavy (non-hydrogen) atoms. The molecule has 2 aromatic heterocycles. The molecule has 2 aliphatic rings. The second-order valence-corrected chi connectivity index (χ2v) is 12.3. The number of nitrogens with zero attached hydrogens (tertiary/aromatic N) is 6. The van der Waals surface area contributed by atoms with Crippen LogP contribution in [0.4, 0.5) is 29.1 Å². The third-order valence-corrected chi connectivity index (χ3v) is 6.89. The lowest BCUT2D eigenvalue weighted by atomic mass is 9.75. The number of benzene rings is 1. The lowest BCUT2D eigenvalue weighted by molar-refractivity contribution is 0.260. The van der Waals surface area contributed by atoms with E-state index in [4.69, 9.17) is 5.73 Å². The number of likely N-dealkylation sites (N-methyl/N-ethyl adjacent to an activating group) is 1. The third-order valence-electron chi connectivity index (χ3n) is 6.26. The number of nitriles is 1. The third kappa shape index (κ3) is 5.31. The predicted molar refractivity (Wildman–Crippen MR) is 141 cm³/mol. The summed E-state index contributed by atoms with van der Waals surface area (Å²) in [5.74, 6) is 1.91. The smallest absolute Gasteiger partial charge is 0.229 e. The molecular weight excluding hydrogens is 474 g/mol. The van der Waals surface area contributed by atoms with Crippen LogP contribution in [0.2, 0.25) is 0 Å². The quantitative estimate of drug-likeness (QED) is 0.477. The SMILES string of the molecule is CN1Cc2cc(Nc3ncc(C#N)c(Nc4cccc(N=S(C)(C)=O)n4)n3)cc3c2C(CC(N)C3)C1. The number of rotatable bonds is 5. The van der Waals surface area contributed by atoms with Gasteiger partial charge in [0.05, 0.1) is 6.20 Å². The Morgan fingerprint density at radius 1 is 1.22 bits per heavy atom. The topological polar surface area (TPSA) is 145 Å². The maximum Gasteiger partial charge on any atom is 0.229 e. The number of anilines is 4. The molecule has 1 aliphatic heterocycles. The maximum atomic E-state index is 12.0. The minimum absolute atomic E-state index is 0.155. The van der Waals surface area contributed by atoms with Crippen LogP contribution in [0.3, 0.4) is 0 Å². The van der Waals surface area contributed by atoms with Gasteiger partial charge >= 0.3 is 0 Å². The van der Waals surface area contributed by atoms with Gasteiger partial charge in [0.2, 0.25) is 5.95 Å². The van der Waals surface area contributed by atoms with Crippen LogP contribution in [0.1, 0.15) is 34.6 Å². The van der Waals surface area contributed by atoms with Crippen molar-refractivity contribution in [3.05, 3.63) is 58.8 Å². The van der Waals surface area contributed by atoms with Crippen LogP contribution >= 0.6 is 0 Å². The highest BCUT2D eigenvalue weighted by molar-refractivity contribution is 7.92. The number of hydrogen-bond acceptors (Lipinski definition) is 10. The number of pyridine rings is 1. The van der Waals surface area contributed by atoms with Crippen LogP contribution in [-0.2, 0) is 22.7 Å². The van der Waals surface area contributed by atoms with Gasteiger partial charge in [-0.05, 0) is 66.8 Å². The molecule has 0 spiro atoms. The Balaban J connectivity index is 1.44. The second kappa shape index (κ2) is 9.46. The van der Waals surface area contributed by atoms with Crippen molar-refractivity contribution in [3.63, 3.8) is 0 Å². The molecule has 3 heterocycles. The lowest BCUT2D eigenvalue weighted by Crippen LogP contribution is -2.39. The fourth-order valence-electron chi connectivity index (χ4n) is 5.06. The number of nitrogens with one attached hydrogen (secondary N) is 2. The molecule has 2 unspecified atom stereocenters. The van der Waals surface area contributed by atoms with E-state index in [1.54, 1.807) is 30.7 Å². The monoisotopic (exact) mass is 503 g/mol. The fourth-order valence-corrected chi connectivity index (χ4v) is 5.61. The van der Waals surface area contributed by atoms with Gasteiger partial charge in [-0.15, -0.1) is 0 Å². The van der Waals surface area contributed by atoms with Gasteiger partial charge in [0, 0.05) is 47.1 Å². The fraction of sp³-hybridized carbons (Fsp3) is 0.360. The Bertz CT molecular complexity index is 1450. The Hall–Kier alpha value is -3.59. The molecule has 0 radical (unpaired) electrons. The summed E-state index contributed by atoms with van der Waals surface area (Å²) < 4.78 is 16.2. The van der Waals surface area contributed by atoms with Crippen LogP contribution in [0.25, 0.3) is 0 Å². The second-order valence-electron chi connectivity index (χ2n) is 9.77. The first kappa shape index (κ1) is 24.1. The van der Waals surface area contributed by atoms with Crippen molar-refractivity contribution in [2.75, 3.05) is 36.7 Å². The molecule has 10 nitrogen and oxygen atoms in total. The highest BCUT2D eigenvalue weighted by Gasteiger charge is 2.32. The highest BCUT2D eigenvalue weighted by atomic mass is 32.2. The van der Waals surface area contributed by atoms with E-state index < -0.39 is 9.73 Å². The summed E-state index contributed by atoms with van der Waals surface area (Å²) in [5.41, 5.74) is 11.6. The summed E-state index contributed by atoms with van der Waals surface area (Å²) in [6.07, 6.45) is 6.44. The summed E-state index contributed by atoms with van der Waals surface area (Å²) in [7, 11) is -0.215.